The second-order valence-electron chi connectivity index (χ2n) is 5.14. The molecule has 1 aromatic heterocycles. The van der Waals surface area contributed by atoms with Crippen molar-refractivity contribution in [1.82, 2.24) is 20.2 Å². The molecule has 1 aromatic carbocycles. The van der Waals surface area contributed by atoms with Crippen LogP contribution in [0.4, 0.5) is 5.95 Å². The van der Waals surface area contributed by atoms with Crippen molar-refractivity contribution in [3.63, 3.8) is 0 Å². The summed E-state index contributed by atoms with van der Waals surface area (Å²) in [5.41, 5.74) is 0.916. The average molecular weight is 301 g/mol. The largest absolute Gasteiger partial charge is 0.491 e. The number of tetrazole rings is 1. The summed E-state index contributed by atoms with van der Waals surface area (Å²) >= 11 is 0. The smallest absolute Gasteiger partial charge is 0.352 e. The van der Waals surface area contributed by atoms with Crippen LogP contribution in [0.5, 0.6) is 5.75 Å². The van der Waals surface area contributed by atoms with Crippen molar-refractivity contribution in [2.24, 2.45) is 0 Å². The number of aliphatic carboxylic acids is 1. The standard InChI is InChI=1S/C14H15N5O3/c1-8(2)22-10-5-3-9(4-6-10)12-7-11(13(20)21)15-14-16-17-18-19(12)14/h3-8,12H,1-2H3,(H,20,21)(H,15,16,18)/t12-/m0/s1. The predicted octanol–water partition coefficient (Wildman–Crippen LogP) is 1.44. The molecule has 3 rings (SSSR count). The van der Waals surface area contributed by atoms with Crippen LogP contribution < -0.4 is 10.1 Å². The molecule has 2 aromatic rings. The number of rotatable bonds is 4. The SMILES string of the molecule is CC(C)Oc1ccc([C@@H]2C=C(C(=O)O)Nc3nnnn32)cc1. The number of anilines is 1. The van der Waals surface area contributed by atoms with Gasteiger partial charge in [0.1, 0.15) is 17.5 Å². The van der Waals surface area contributed by atoms with E-state index in [-0.39, 0.29) is 17.8 Å². The molecule has 2 heterocycles. The Bertz CT molecular complexity index is 720. The Morgan fingerprint density at radius 1 is 1.36 bits per heavy atom. The highest BCUT2D eigenvalue weighted by Gasteiger charge is 2.26. The second kappa shape index (κ2) is 5.47. The van der Waals surface area contributed by atoms with Gasteiger partial charge in [0.15, 0.2) is 0 Å². The number of benzene rings is 1. The number of hydrogen-bond acceptors (Lipinski definition) is 6. The number of nitrogens with zero attached hydrogens (tertiary/aromatic N) is 4. The number of carbonyl (C=O) groups is 1. The third-order valence-electron chi connectivity index (χ3n) is 3.15. The topological polar surface area (TPSA) is 102 Å². The van der Waals surface area contributed by atoms with E-state index in [1.165, 1.54) is 4.68 Å². The van der Waals surface area contributed by atoms with E-state index in [2.05, 4.69) is 20.8 Å². The van der Waals surface area contributed by atoms with E-state index >= 15 is 0 Å². The molecule has 2 N–H and O–H groups in total. The quantitative estimate of drug-likeness (QED) is 0.881. The van der Waals surface area contributed by atoms with Crippen LogP contribution in [-0.2, 0) is 4.79 Å². The Labute approximate surface area is 126 Å². The monoisotopic (exact) mass is 301 g/mol. The van der Waals surface area contributed by atoms with Gasteiger partial charge in [0.25, 0.3) is 0 Å². The van der Waals surface area contributed by atoms with Crippen LogP contribution in [0.15, 0.2) is 36.0 Å². The van der Waals surface area contributed by atoms with E-state index in [1.54, 1.807) is 6.08 Å². The number of nitrogens with one attached hydrogen (secondary N) is 1. The lowest BCUT2D eigenvalue weighted by molar-refractivity contribution is -0.132. The minimum absolute atomic E-state index is 0.0507. The fourth-order valence-corrected chi connectivity index (χ4v) is 2.23. The van der Waals surface area contributed by atoms with Crippen LogP contribution in [0, 0.1) is 0 Å². The average Bonchev–Trinajstić information content (AvgIpc) is 2.94. The van der Waals surface area contributed by atoms with Gasteiger partial charge in [-0.15, -0.1) is 0 Å². The molecule has 0 radical (unpaired) electrons. The third kappa shape index (κ3) is 2.62. The summed E-state index contributed by atoms with van der Waals surface area (Å²) in [6.07, 6.45) is 1.67. The summed E-state index contributed by atoms with van der Waals surface area (Å²) in [5, 5.41) is 23.1. The van der Waals surface area contributed by atoms with Crippen LogP contribution in [-0.4, -0.2) is 37.4 Å². The molecule has 0 bridgehead atoms. The normalized spacial score (nSPS) is 16.7. The first-order valence-corrected chi connectivity index (χ1v) is 6.81. The summed E-state index contributed by atoms with van der Waals surface area (Å²) in [7, 11) is 0. The van der Waals surface area contributed by atoms with Gasteiger partial charge < -0.3 is 15.2 Å². The molecular formula is C14H15N5O3. The number of carboxylic acids is 1. The number of carboxylic acid groups (broad SMARTS) is 1. The molecule has 0 saturated carbocycles. The molecule has 1 atom stereocenters. The maximum Gasteiger partial charge on any atom is 0.352 e. The fourth-order valence-electron chi connectivity index (χ4n) is 2.23. The summed E-state index contributed by atoms with van der Waals surface area (Å²) in [6, 6.07) is 7.04. The molecule has 8 heteroatoms. The maximum atomic E-state index is 11.2. The summed E-state index contributed by atoms with van der Waals surface area (Å²) in [5.74, 6) is -0.00141. The Kier molecular flexibility index (Phi) is 3.50. The number of ether oxygens (including phenoxy) is 1. The minimum atomic E-state index is -1.06. The minimum Gasteiger partial charge on any atom is -0.491 e. The summed E-state index contributed by atoms with van der Waals surface area (Å²) in [6.45, 7) is 3.91. The number of allylic oxidation sites excluding steroid dienone is 1. The fraction of sp³-hybridized carbons (Fsp3) is 0.286. The molecule has 0 aliphatic carbocycles. The molecular weight excluding hydrogens is 286 g/mol. The predicted molar refractivity (Wildman–Crippen MR) is 77.5 cm³/mol. The zero-order valence-electron chi connectivity index (χ0n) is 12.1. The number of aromatic nitrogens is 4. The van der Waals surface area contributed by atoms with Gasteiger partial charge in [0.05, 0.1) is 6.10 Å². The molecule has 0 spiro atoms. The second-order valence-corrected chi connectivity index (χ2v) is 5.14. The highest BCUT2D eigenvalue weighted by molar-refractivity contribution is 5.90. The Morgan fingerprint density at radius 2 is 2.09 bits per heavy atom. The van der Waals surface area contributed by atoms with Crippen molar-refractivity contribution in [2.45, 2.75) is 26.0 Å². The zero-order valence-corrected chi connectivity index (χ0v) is 12.1. The van der Waals surface area contributed by atoms with E-state index in [9.17, 15) is 9.90 Å². The van der Waals surface area contributed by atoms with Gasteiger partial charge in [-0.1, -0.05) is 17.2 Å². The van der Waals surface area contributed by atoms with Crippen molar-refractivity contribution in [1.29, 1.82) is 0 Å². The van der Waals surface area contributed by atoms with Gasteiger partial charge in [0.2, 0.25) is 5.95 Å². The maximum absolute atomic E-state index is 11.2. The van der Waals surface area contributed by atoms with E-state index in [1.807, 2.05) is 38.1 Å². The van der Waals surface area contributed by atoms with Crippen molar-refractivity contribution in [2.75, 3.05) is 5.32 Å². The zero-order chi connectivity index (χ0) is 15.7. The molecule has 0 unspecified atom stereocenters. The van der Waals surface area contributed by atoms with E-state index in [4.69, 9.17) is 4.74 Å². The molecule has 1 aliphatic rings. The first-order chi connectivity index (χ1) is 10.5. The van der Waals surface area contributed by atoms with E-state index in [0.717, 1.165) is 11.3 Å². The van der Waals surface area contributed by atoms with Crippen LogP contribution in [0.25, 0.3) is 0 Å². The van der Waals surface area contributed by atoms with Crippen molar-refractivity contribution in [3.05, 3.63) is 41.6 Å². The lowest BCUT2D eigenvalue weighted by Gasteiger charge is -2.21. The van der Waals surface area contributed by atoms with Gasteiger partial charge in [-0.2, -0.15) is 4.68 Å². The molecule has 0 saturated heterocycles. The first kappa shape index (κ1) is 14.1. The summed E-state index contributed by atoms with van der Waals surface area (Å²) in [4.78, 5) is 11.2. The van der Waals surface area contributed by atoms with E-state index < -0.39 is 5.97 Å². The van der Waals surface area contributed by atoms with E-state index in [0.29, 0.717) is 5.95 Å². The lowest BCUT2D eigenvalue weighted by Crippen LogP contribution is -2.24. The van der Waals surface area contributed by atoms with Gasteiger partial charge in [0, 0.05) is 0 Å². The summed E-state index contributed by atoms with van der Waals surface area (Å²) < 4.78 is 7.13. The number of fused-ring (bicyclic) bond motifs is 1. The Balaban J connectivity index is 1.95. The van der Waals surface area contributed by atoms with Crippen LogP contribution in [0.2, 0.25) is 0 Å². The van der Waals surface area contributed by atoms with Gasteiger partial charge >= 0.3 is 5.97 Å². The highest BCUT2D eigenvalue weighted by atomic mass is 16.5. The molecule has 22 heavy (non-hydrogen) atoms. The molecule has 114 valence electrons. The number of hydrogen-bond donors (Lipinski definition) is 2. The molecule has 0 fully saturated rings. The van der Waals surface area contributed by atoms with Crippen molar-refractivity contribution >= 4 is 11.9 Å². The highest BCUT2D eigenvalue weighted by Crippen LogP contribution is 2.28. The molecule has 8 nitrogen and oxygen atoms in total. The first-order valence-electron chi connectivity index (χ1n) is 6.81. The van der Waals surface area contributed by atoms with Gasteiger partial charge in [-0.3, -0.25) is 0 Å². The van der Waals surface area contributed by atoms with Crippen LogP contribution in [0.1, 0.15) is 25.5 Å². The van der Waals surface area contributed by atoms with Gasteiger partial charge in [-0.25, -0.2) is 4.79 Å². The lowest BCUT2D eigenvalue weighted by atomic mass is 10.0. The van der Waals surface area contributed by atoms with Crippen LogP contribution >= 0.6 is 0 Å². The Hall–Kier alpha value is -2.90. The van der Waals surface area contributed by atoms with Crippen molar-refractivity contribution < 1.29 is 14.6 Å². The molecule has 1 aliphatic heterocycles. The Morgan fingerprint density at radius 3 is 2.73 bits per heavy atom. The molecule has 0 amide bonds. The van der Waals surface area contributed by atoms with Gasteiger partial charge in [-0.05, 0) is 48.0 Å². The third-order valence-corrected chi connectivity index (χ3v) is 3.15. The van der Waals surface area contributed by atoms with Crippen LogP contribution in [0.3, 0.4) is 0 Å². The van der Waals surface area contributed by atoms with Crippen molar-refractivity contribution in [3.8, 4) is 5.75 Å².